The molecule has 11 heteroatoms. The number of carbonyl (C=O) groups excluding carboxylic acids is 2. The Kier molecular flexibility index (Phi) is 6.06. The molecule has 0 spiro atoms. The van der Waals surface area contributed by atoms with Crippen LogP contribution in [0.25, 0.3) is 11.3 Å². The molecule has 0 unspecified atom stereocenters. The molecule has 0 saturated heterocycles. The van der Waals surface area contributed by atoms with Crippen molar-refractivity contribution in [2.24, 2.45) is 0 Å². The topological polar surface area (TPSA) is 106 Å². The number of halogens is 2. The zero-order valence-electron chi connectivity index (χ0n) is 16.8. The summed E-state index contributed by atoms with van der Waals surface area (Å²) in [7, 11) is 0. The van der Waals surface area contributed by atoms with Gasteiger partial charge < -0.3 is 10.6 Å². The SMILES string of the molecule is C=CCNC(=O)c1c(NC(=O)c2cc(Br)nn2-c2ncccc2Cl)c(C)cc2ccnn12. The molecule has 162 valence electrons. The third kappa shape index (κ3) is 4.02. The van der Waals surface area contributed by atoms with Gasteiger partial charge in [-0.05, 0) is 52.7 Å². The molecule has 0 radical (unpaired) electrons. The van der Waals surface area contributed by atoms with E-state index in [4.69, 9.17) is 11.6 Å². The Bertz CT molecular complexity index is 1360. The Hall–Kier alpha value is -3.50. The van der Waals surface area contributed by atoms with Crippen LogP contribution in [-0.4, -0.2) is 42.7 Å². The van der Waals surface area contributed by atoms with Crippen LogP contribution in [-0.2, 0) is 0 Å². The standard InChI is InChI=1S/C21H17BrClN7O2/c1-3-7-25-21(32)18-17(12(2)10-13-6-9-26-29(13)18)27-20(31)15-11-16(22)28-30(15)19-14(23)5-4-8-24-19/h3-6,8-11H,1,7H2,2H3,(H,25,32)(H,27,31). The number of aromatic nitrogens is 5. The highest BCUT2D eigenvalue weighted by molar-refractivity contribution is 9.10. The van der Waals surface area contributed by atoms with Crippen LogP contribution in [0, 0.1) is 6.92 Å². The van der Waals surface area contributed by atoms with Crippen LogP contribution in [0.3, 0.4) is 0 Å². The van der Waals surface area contributed by atoms with Crippen LogP contribution in [0.15, 0.2) is 60.0 Å². The Morgan fingerprint density at radius 1 is 1.25 bits per heavy atom. The third-order valence-corrected chi connectivity index (χ3v) is 5.27. The monoisotopic (exact) mass is 513 g/mol. The molecule has 0 atom stereocenters. The van der Waals surface area contributed by atoms with Gasteiger partial charge >= 0.3 is 0 Å². The van der Waals surface area contributed by atoms with Gasteiger partial charge in [-0.25, -0.2) is 14.2 Å². The predicted octanol–water partition coefficient (Wildman–Crippen LogP) is 3.81. The van der Waals surface area contributed by atoms with E-state index in [0.29, 0.717) is 26.7 Å². The molecule has 0 aliphatic rings. The molecule has 0 aliphatic carbocycles. The molecule has 4 aromatic rings. The molecular weight excluding hydrogens is 498 g/mol. The number of rotatable bonds is 6. The van der Waals surface area contributed by atoms with E-state index in [0.717, 1.165) is 5.52 Å². The van der Waals surface area contributed by atoms with E-state index in [2.05, 4.69) is 48.3 Å². The van der Waals surface area contributed by atoms with Gasteiger partial charge in [-0.15, -0.1) is 6.58 Å². The van der Waals surface area contributed by atoms with E-state index in [9.17, 15) is 9.59 Å². The minimum Gasteiger partial charge on any atom is -0.347 e. The largest absolute Gasteiger partial charge is 0.347 e. The van der Waals surface area contributed by atoms with Crippen LogP contribution in [0.2, 0.25) is 5.02 Å². The lowest BCUT2D eigenvalue weighted by Crippen LogP contribution is -2.29. The van der Waals surface area contributed by atoms with Crippen molar-refractivity contribution in [1.82, 2.24) is 29.7 Å². The fourth-order valence-electron chi connectivity index (χ4n) is 3.20. The summed E-state index contributed by atoms with van der Waals surface area (Å²) in [6.07, 6.45) is 4.70. The normalized spacial score (nSPS) is 10.8. The first-order valence-corrected chi connectivity index (χ1v) is 10.6. The zero-order chi connectivity index (χ0) is 22.8. The molecule has 0 fully saturated rings. The van der Waals surface area contributed by atoms with Crippen molar-refractivity contribution in [3.05, 3.63) is 82.0 Å². The van der Waals surface area contributed by atoms with Gasteiger partial charge in [0.15, 0.2) is 11.5 Å². The maximum atomic E-state index is 13.3. The highest BCUT2D eigenvalue weighted by Gasteiger charge is 2.24. The molecule has 0 aliphatic heterocycles. The Morgan fingerprint density at radius 2 is 2.06 bits per heavy atom. The molecule has 32 heavy (non-hydrogen) atoms. The van der Waals surface area contributed by atoms with Crippen LogP contribution >= 0.6 is 27.5 Å². The molecule has 2 amide bonds. The zero-order valence-corrected chi connectivity index (χ0v) is 19.2. The average Bonchev–Trinajstić information content (AvgIpc) is 3.38. The van der Waals surface area contributed by atoms with E-state index in [-0.39, 0.29) is 17.9 Å². The van der Waals surface area contributed by atoms with Crippen molar-refractivity contribution in [3.63, 3.8) is 0 Å². The highest BCUT2D eigenvalue weighted by atomic mass is 79.9. The molecule has 0 aromatic carbocycles. The summed E-state index contributed by atoms with van der Waals surface area (Å²) >= 11 is 9.55. The summed E-state index contributed by atoms with van der Waals surface area (Å²) in [5.41, 5.74) is 2.10. The van der Waals surface area contributed by atoms with Crippen LogP contribution < -0.4 is 10.6 Å². The number of fused-ring (bicyclic) bond motifs is 1. The Balaban J connectivity index is 1.79. The van der Waals surface area contributed by atoms with Gasteiger partial charge in [-0.1, -0.05) is 17.7 Å². The van der Waals surface area contributed by atoms with Crippen molar-refractivity contribution < 1.29 is 9.59 Å². The number of aryl methyl sites for hydroxylation is 1. The fraction of sp³-hybridized carbons (Fsp3) is 0.0952. The molecule has 4 rings (SSSR count). The number of pyridine rings is 2. The van der Waals surface area contributed by atoms with Gasteiger partial charge in [0.2, 0.25) is 0 Å². The molecule has 0 bridgehead atoms. The van der Waals surface area contributed by atoms with Crippen LogP contribution in [0.1, 0.15) is 26.5 Å². The number of hydrogen-bond donors (Lipinski definition) is 2. The second-order valence-corrected chi connectivity index (χ2v) is 7.96. The van der Waals surface area contributed by atoms with Gasteiger partial charge in [0.25, 0.3) is 11.8 Å². The third-order valence-electron chi connectivity index (χ3n) is 4.59. The number of carbonyl (C=O) groups is 2. The second kappa shape index (κ2) is 8.93. The summed E-state index contributed by atoms with van der Waals surface area (Å²) in [4.78, 5) is 30.5. The molecule has 2 N–H and O–H groups in total. The van der Waals surface area contributed by atoms with Crippen LogP contribution in [0.4, 0.5) is 5.69 Å². The van der Waals surface area contributed by atoms with Gasteiger partial charge in [-0.2, -0.15) is 10.2 Å². The summed E-state index contributed by atoms with van der Waals surface area (Å²) in [5.74, 6) is -0.606. The van der Waals surface area contributed by atoms with Crippen LogP contribution in [0.5, 0.6) is 0 Å². The lowest BCUT2D eigenvalue weighted by molar-refractivity contribution is 0.0951. The van der Waals surface area contributed by atoms with Gasteiger partial charge in [-0.3, -0.25) is 9.59 Å². The number of nitrogens with zero attached hydrogens (tertiary/aromatic N) is 5. The fourth-order valence-corrected chi connectivity index (χ4v) is 3.78. The smallest absolute Gasteiger partial charge is 0.274 e. The van der Waals surface area contributed by atoms with E-state index in [1.54, 1.807) is 49.7 Å². The van der Waals surface area contributed by atoms with E-state index >= 15 is 0 Å². The number of nitrogens with one attached hydrogen (secondary N) is 2. The molecular formula is C21H17BrClN7O2. The summed E-state index contributed by atoms with van der Waals surface area (Å²) in [6.45, 7) is 5.68. The summed E-state index contributed by atoms with van der Waals surface area (Å²) < 4.78 is 3.23. The van der Waals surface area contributed by atoms with Crippen molar-refractivity contribution in [3.8, 4) is 5.82 Å². The van der Waals surface area contributed by atoms with Crippen molar-refractivity contribution in [2.75, 3.05) is 11.9 Å². The van der Waals surface area contributed by atoms with Crippen molar-refractivity contribution in [1.29, 1.82) is 0 Å². The Labute approximate surface area is 196 Å². The highest BCUT2D eigenvalue weighted by Crippen LogP contribution is 2.26. The van der Waals surface area contributed by atoms with E-state index in [1.807, 2.05) is 6.07 Å². The van der Waals surface area contributed by atoms with Crippen molar-refractivity contribution >= 4 is 50.5 Å². The predicted molar refractivity (Wildman–Crippen MR) is 124 cm³/mol. The maximum absolute atomic E-state index is 13.3. The van der Waals surface area contributed by atoms with Gasteiger partial charge in [0.05, 0.1) is 22.4 Å². The number of hydrogen-bond acceptors (Lipinski definition) is 5. The van der Waals surface area contributed by atoms with Gasteiger partial charge in [0, 0.05) is 18.8 Å². The lowest BCUT2D eigenvalue weighted by atomic mass is 10.1. The first-order valence-electron chi connectivity index (χ1n) is 9.45. The second-order valence-electron chi connectivity index (χ2n) is 6.74. The minimum atomic E-state index is -0.503. The quantitative estimate of drug-likeness (QED) is 0.381. The lowest BCUT2D eigenvalue weighted by Gasteiger charge is -2.16. The summed E-state index contributed by atoms with van der Waals surface area (Å²) in [5, 5.41) is 14.4. The molecule has 0 saturated carbocycles. The first-order chi connectivity index (χ1) is 15.4. The molecule has 4 heterocycles. The van der Waals surface area contributed by atoms with E-state index < -0.39 is 11.8 Å². The summed E-state index contributed by atoms with van der Waals surface area (Å²) in [6, 6.07) is 8.48. The first kappa shape index (κ1) is 21.7. The maximum Gasteiger partial charge on any atom is 0.274 e. The minimum absolute atomic E-state index is 0.176. The van der Waals surface area contributed by atoms with Gasteiger partial charge in [0.1, 0.15) is 10.3 Å². The van der Waals surface area contributed by atoms with E-state index in [1.165, 1.54) is 9.20 Å². The number of amides is 2. The molecule has 4 aromatic heterocycles. The number of anilines is 1. The molecule has 9 nitrogen and oxygen atoms in total. The van der Waals surface area contributed by atoms with Crippen molar-refractivity contribution in [2.45, 2.75) is 6.92 Å². The Morgan fingerprint density at radius 3 is 2.81 bits per heavy atom. The average molecular weight is 515 g/mol.